The molecule has 0 radical (unpaired) electrons. The first-order chi connectivity index (χ1) is 9.22. The molecule has 3 nitrogen and oxygen atoms in total. The second-order valence-electron chi connectivity index (χ2n) is 6.04. The quantitative estimate of drug-likeness (QED) is 0.896. The van der Waals surface area contributed by atoms with Crippen molar-refractivity contribution >= 4 is 0 Å². The number of rotatable bonds is 4. The van der Waals surface area contributed by atoms with E-state index >= 15 is 0 Å². The average molecular weight is 260 g/mol. The molecule has 0 saturated carbocycles. The SMILES string of the molecule is Cc1cccc(C)c1OC1CN(C[C@H]2CCNC2)C1. The number of benzene rings is 1. The summed E-state index contributed by atoms with van der Waals surface area (Å²) in [6, 6.07) is 6.35. The van der Waals surface area contributed by atoms with Crippen LogP contribution in [0.2, 0.25) is 0 Å². The molecule has 3 heteroatoms. The van der Waals surface area contributed by atoms with E-state index in [1.54, 1.807) is 0 Å². The molecule has 3 rings (SSSR count). The molecule has 0 aliphatic carbocycles. The second-order valence-corrected chi connectivity index (χ2v) is 6.04. The number of aryl methyl sites for hydroxylation is 2. The van der Waals surface area contributed by atoms with E-state index < -0.39 is 0 Å². The lowest BCUT2D eigenvalue weighted by Crippen LogP contribution is -2.55. The summed E-state index contributed by atoms with van der Waals surface area (Å²) in [6.07, 6.45) is 1.72. The highest BCUT2D eigenvalue weighted by Crippen LogP contribution is 2.26. The van der Waals surface area contributed by atoms with Crippen molar-refractivity contribution in [2.24, 2.45) is 5.92 Å². The zero-order valence-electron chi connectivity index (χ0n) is 12.0. The standard InChI is InChI=1S/C16H24N2O/c1-12-4-3-5-13(2)16(12)19-15-10-18(11-15)9-14-6-7-17-8-14/h3-5,14-15,17H,6-11H2,1-2H3/t14-/m0/s1. The molecule has 1 aromatic carbocycles. The zero-order chi connectivity index (χ0) is 13.2. The van der Waals surface area contributed by atoms with Gasteiger partial charge in [-0.3, -0.25) is 4.90 Å². The van der Waals surface area contributed by atoms with Gasteiger partial charge in [0.25, 0.3) is 0 Å². The average Bonchev–Trinajstić information content (AvgIpc) is 2.83. The van der Waals surface area contributed by atoms with Crippen LogP contribution in [0.1, 0.15) is 17.5 Å². The van der Waals surface area contributed by atoms with Gasteiger partial charge in [-0.05, 0) is 50.4 Å². The molecular formula is C16H24N2O. The van der Waals surface area contributed by atoms with Crippen molar-refractivity contribution in [2.45, 2.75) is 26.4 Å². The minimum Gasteiger partial charge on any atom is -0.487 e. The van der Waals surface area contributed by atoms with Crippen LogP contribution in [0.15, 0.2) is 18.2 Å². The van der Waals surface area contributed by atoms with Crippen molar-refractivity contribution in [3.05, 3.63) is 29.3 Å². The van der Waals surface area contributed by atoms with E-state index in [-0.39, 0.29) is 0 Å². The molecule has 2 aliphatic rings. The minimum atomic E-state index is 0.383. The Morgan fingerprint density at radius 2 is 2.00 bits per heavy atom. The lowest BCUT2D eigenvalue weighted by atomic mass is 10.0. The van der Waals surface area contributed by atoms with Crippen LogP contribution in [0.25, 0.3) is 0 Å². The van der Waals surface area contributed by atoms with E-state index in [9.17, 15) is 0 Å². The summed E-state index contributed by atoms with van der Waals surface area (Å²) >= 11 is 0. The molecule has 2 saturated heterocycles. The lowest BCUT2D eigenvalue weighted by molar-refractivity contribution is 0.0110. The lowest BCUT2D eigenvalue weighted by Gasteiger charge is -2.40. The highest BCUT2D eigenvalue weighted by molar-refractivity contribution is 5.40. The number of hydrogen-bond donors (Lipinski definition) is 1. The summed E-state index contributed by atoms with van der Waals surface area (Å²) in [5.41, 5.74) is 2.50. The fraction of sp³-hybridized carbons (Fsp3) is 0.625. The van der Waals surface area contributed by atoms with Gasteiger partial charge < -0.3 is 10.1 Å². The van der Waals surface area contributed by atoms with Crippen molar-refractivity contribution in [3.63, 3.8) is 0 Å². The van der Waals surface area contributed by atoms with Crippen LogP contribution >= 0.6 is 0 Å². The number of likely N-dealkylation sites (tertiary alicyclic amines) is 1. The Hall–Kier alpha value is -1.06. The third-order valence-electron chi connectivity index (χ3n) is 4.30. The van der Waals surface area contributed by atoms with Gasteiger partial charge in [-0.15, -0.1) is 0 Å². The smallest absolute Gasteiger partial charge is 0.125 e. The molecule has 104 valence electrons. The zero-order valence-corrected chi connectivity index (χ0v) is 12.0. The number of ether oxygens (including phenoxy) is 1. The number of nitrogens with zero attached hydrogens (tertiary/aromatic N) is 1. The molecule has 0 amide bonds. The van der Waals surface area contributed by atoms with E-state index in [0.717, 1.165) is 24.8 Å². The van der Waals surface area contributed by atoms with E-state index in [4.69, 9.17) is 4.74 Å². The van der Waals surface area contributed by atoms with Crippen molar-refractivity contribution in [2.75, 3.05) is 32.7 Å². The third kappa shape index (κ3) is 2.93. The van der Waals surface area contributed by atoms with E-state index in [2.05, 4.69) is 42.3 Å². The Balaban J connectivity index is 1.48. The van der Waals surface area contributed by atoms with Gasteiger partial charge in [0.05, 0.1) is 0 Å². The highest BCUT2D eigenvalue weighted by atomic mass is 16.5. The summed E-state index contributed by atoms with van der Waals surface area (Å²) in [7, 11) is 0. The predicted octanol–water partition coefficient (Wildman–Crippen LogP) is 1.98. The molecule has 0 aromatic heterocycles. The Labute approximate surface area is 115 Å². The maximum Gasteiger partial charge on any atom is 0.125 e. The molecule has 2 fully saturated rings. The summed E-state index contributed by atoms with van der Waals surface area (Å²) in [5, 5.41) is 3.43. The van der Waals surface area contributed by atoms with Gasteiger partial charge in [0.2, 0.25) is 0 Å². The summed E-state index contributed by atoms with van der Waals surface area (Å²) in [4.78, 5) is 2.52. The third-order valence-corrected chi connectivity index (χ3v) is 4.30. The fourth-order valence-electron chi connectivity index (χ4n) is 3.13. The Bertz CT molecular complexity index is 414. The number of hydrogen-bond acceptors (Lipinski definition) is 3. The first-order valence-electron chi connectivity index (χ1n) is 7.38. The largest absolute Gasteiger partial charge is 0.487 e. The van der Waals surface area contributed by atoms with Gasteiger partial charge in [0.15, 0.2) is 0 Å². The van der Waals surface area contributed by atoms with Gasteiger partial charge in [-0.2, -0.15) is 0 Å². The predicted molar refractivity (Wildman–Crippen MR) is 77.7 cm³/mol. The van der Waals surface area contributed by atoms with Crippen molar-refractivity contribution in [1.82, 2.24) is 10.2 Å². The maximum absolute atomic E-state index is 6.15. The molecule has 0 spiro atoms. The fourth-order valence-corrected chi connectivity index (χ4v) is 3.13. The first-order valence-corrected chi connectivity index (χ1v) is 7.38. The summed E-state index contributed by atoms with van der Waals surface area (Å²) in [5.74, 6) is 1.94. The van der Waals surface area contributed by atoms with Gasteiger partial charge in [0, 0.05) is 19.6 Å². The molecule has 1 aromatic rings. The number of para-hydroxylation sites is 1. The highest BCUT2D eigenvalue weighted by Gasteiger charge is 2.31. The van der Waals surface area contributed by atoms with Crippen molar-refractivity contribution < 1.29 is 4.74 Å². The monoisotopic (exact) mass is 260 g/mol. The molecule has 19 heavy (non-hydrogen) atoms. The molecule has 0 bridgehead atoms. The minimum absolute atomic E-state index is 0.383. The van der Waals surface area contributed by atoms with Crippen LogP contribution in [0, 0.1) is 19.8 Å². The van der Waals surface area contributed by atoms with Crippen LogP contribution in [0.5, 0.6) is 5.75 Å². The molecule has 2 aliphatic heterocycles. The summed E-state index contributed by atoms with van der Waals surface area (Å²) in [6.45, 7) is 10.1. The molecular weight excluding hydrogens is 236 g/mol. The van der Waals surface area contributed by atoms with Gasteiger partial charge >= 0.3 is 0 Å². The molecule has 1 atom stereocenters. The van der Waals surface area contributed by atoms with Crippen LogP contribution < -0.4 is 10.1 Å². The maximum atomic E-state index is 6.15. The van der Waals surface area contributed by atoms with Crippen LogP contribution in [-0.2, 0) is 0 Å². The van der Waals surface area contributed by atoms with Crippen molar-refractivity contribution in [1.29, 1.82) is 0 Å². The Kier molecular flexibility index (Phi) is 3.76. The van der Waals surface area contributed by atoms with Gasteiger partial charge in [-0.1, -0.05) is 18.2 Å². The molecule has 2 heterocycles. The second kappa shape index (κ2) is 5.51. The van der Waals surface area contributed by atoms with Crippen LogP contribution in [-0.4, -0.2) is 43.7 Å². The molecule has 1 N–H and O–H groups in total. The Morgan fingerprint density at radius 3 is 2.63 bits per heavy atom. The van der Waals surface area contributed by atoms with Crippen LogP contribution in [0.3, 0.4) is 0 Å². The topological polar surface area (TPSA) is 24.5 Å². The summed E-state index contributed by atoms with van der Waals surface area (Å²) < 4.78 is 6.15. The first kappa shape index (κ1) is 12.9. The normalized spacial score (nSPS) is 24.4. The van der Waals surface area contributed by atoms with Crippen molar-refractivity contribution in [3.8, 4) is 5.75 Å². The molecule has 0 unspecified atom stereocenters. The Morgan fingerprint density at radius 1 is 1.26 bits per heavy atom. The van der Waals surface area contributed by atoms with Crippen LogP contribution in [0.4, 0.5) is 0 Å². The van der Waals surface area contributed by atoms with Gasteiger partial charge in [0.1, 0.15) is 11.9 Å². The van der Waals surface area contributed by atoms with E-state index in [1.165, 1.54) is 37.2 Å². The van der Waals surface area contributed by atoms with E-state index in [0.29, 0.717) is 6.10 Å². The van der Waals surface area contributed by atoms with Gasteiger partial charge in [-0.25, -0.2) is 0 Å². The van der Waals surface area contributed by atoms with E-state index in [1.807, 2.05) is 0 Å². The number of nitrogens with one attached hydrogen (secondary N) is 1.